The molecule has 0 saturated heterocycles. The minimum Gasteiger partial charge on any atom is -0.382 e. The zero-order valence-electron chi connectivity index (χ0n) is 18.7. The molecule has 176 valence electrons. The van der Waals surface area contributed by atoms with E-state index in [1.807, 2.05) is 31.4 Å². The van der Waals surface area contributed by atoms with E-state index in [4.69, 9.17) is 10.2 Å². The van der Waals surface area contributed by atoms with Crippen LogP contribution in [0.4, 0.5) is 4.39 Å². The lowest BCUT2D eigenvalue weighted by Crippen LogP contribution is -2.38. The van der Waals surface area contributed by atoms with Gasteiger partial charge in [-0.15, -0.1) is 11.3 Å². The molecule has 0 fully saturated rings. The molecule has 2 aromatic heterocycles. The predicted molar refractivity (Wildman–Crippen MR) is 149 cm³/mol. The maximum absolute atomic E-state index is 14.5. The topological polar surface area (TPSA) is 87.6 Å². The standard InChI is InChI=1S/C24H22FN5OS.I2/c1-15-8-16(2)21(25)9-20(15)24(31,12-30-14-27-13-28-30)17(3)23-29-22(11-32-23)19-6-4-18(10-26)5-7-19;1-2/h4-9,11,13-14,17,31H,12H2,1-3H3;. The normalized spacial score (nSPS) is 13.4. The van der Waals surface area contributed by atoms with Gasteiger partial charge in [-0.05, 0) is 48.7 Å². The Labute approximate surface area is 225 Å². The van der Waals surface area contributed by atoms with Crippen LogP contribution in [-0.2, 0) is 12.1 Å². The number of aryl methyl sites for hydroxylation is 2. The van der Waals surface area contributed by atoms with E-state index in [0.29, 0.717) is 21.7 Å². The summed E-state index contributed by atoms with van der Waals surface area (Å²) in [6, 6.07) is 12.5. The van der Waals surface area contributed by atoms with E-state index in [0.717, 1.165) is 16.8 Å². The number of aliphatic hydroxyl groups is 1. The number of thiazole rings is 1. The summed E-state index contributed by atoms with van der Waals surface area (Å²) in [7, 11) is 0. The first-order valence-electron chi connectivity index (χ1n) is 10.2. The van der Waals surface area contributed by atoms with Gasteiger partial charge in [-0.3, -0.25) is 0 Å². The molecular weight excluding hydrogens is 679 g/mol. The van der Waals surface area contributed by atoms with Crippen molar-refractivity contribution < 1.29 is 9.50 Å². The summed E-state index contributed by atoms with van der Waals surface area (Å²) in [5.41, 5.74) is 2.58. The number of nitriles is 1. The quantitative estimate of drug-likeness (QED) is 0.233. The molecule has 1 N–H and O–H groups in total. The molecule has 2 aromatic carbocycles. The molecule has 2 unspecified atom stereocenters. The van der Waals surface area contributed by atoms with Crippen LogP contribution in [0.5, 0.6) is 0 Å². The van der Waals surface area contributed by atoms with Gasteiger partial charge in [0, 0.05) is 54.1 Å². The van der Waals surface area contributed by atoms with Crippen LogP contribution in [0.25, 0.3) is 11.3 Å². The number of nitrogens with zero attached hydrogens (tertiary/aromatic N) is 5. The molecule has 10 heteroatoms. The molecule has 0 radical (unpaired) electrons. The molecule has 2 atom stereocenters. The van der Waals surface area contributed by atoms with Gasteiger partial charge in [-0.2, -0.15) is 10.4 Å². The fourth-order valence-electron chi connectivity index (χ4n) is 3.85. The highest BCUT2D eigenvalue weighted by Crippen LogP contribution is 2.42. The van der Waals surface area contributed by atoms with E-state index in [1.54, 1.807) is 29.8 Å². The van der Waals surface area contributed by atoms with Gasteiger partial charge in [0.05, 0.1) is 28.9 Å². The average Bonchev–Trinajstić information content (AvgIpc) is 3.54. The first-order valence-corrected chi connectivity index (χ1v) is 17.4. The molecular formula is C24H22FI2N5OS. The number of rotatable bonds is 6. The molecule has 4 aromatic rings. The summed E-state index contributed by atoms with van der Waals surface area (Å²) in [5, 5.41) is 27.8. The van der Waals surface area contributed by atoms with Gasteiger partial charge in [-0.1, -0.05) is 25.1 Å². The van der Waals surface area contributed by atoms with E-state index < -0.39 is 11.5 Å². The molecule has 6 nitrogen and oxygen atoms in total. The minimum atomic E-state index is -1.47. The summed E-state index contributed by atoms with van der Waals surface area (Å²) in [5.74, 6) is -0.822. The summed E-state index contributed by atoms with van der Waals surface area (Å²) < 4.78 is 16.1. The van der Waals surface area contributed by atoms with Crippen molar-refractivity contribution in [3.63, 3.8) is 0 Å². The summed E-state index contributed by atoms with van der Waals surface area (Å²) >= 11 is 5.67. The van der Waals surface area contributed by atoms with Gasteiger partial charge in [0.25, 0.3) is 0 Å². The van der Waals surface area contributed by atoms with Crippen molar-refractivity contribution in [1.29, 1.82) is 5.26 Å². The Morgan fingerprint density at radius 2 is 1.91 bits per heavy atom. The first-order chi connectivity index (χ1) is 16.3. The zero-order chi connectivity index (χ0) is 24.9. The highest BCUT2D eigenvalue weighted by Gasteiger charge is 2.40. The monoisotopic (exact) mass is 701 g/mol. The van der Waals surface area contributed by atoms with Crippen LogP contribution in [0.3, 0.4) is 0 Å². The third kappa shape index (κ3) is 5.64. The Morgan fingerprint density at radius 3 is 2.53 bits per heavy atom. The van der Waals surface area contributed by atoms with Crippen LogP contribution in [0.1, 0.15) is 40.1 Å². The van der Waals surface area contributed by atoms with Crippen molar-refractivity contribution in [3.8, 4) is 17.3 Å². The second kappa shape index (κ2) is 11.7. The van der Waals surface area contributed by atoms with Crippen molar-refractivity contribution in [1.82, 2.24) is 19.7 Å². The van der Waals surface area contributed by atoms with Gasteiger partial charge < -0.3 is 5.11 Å². The van der Waals surface area contributed by atoms with Crippen LogP contribution in [0, 0.1) is 31.0 Å². The van der Waals surface area contributed by atoms with Gasteiger partial charge >= 0.3 is 0 Å². The van der Waals surface area contributed by atoms with Crippen LogP contribution >= 0.6 is 48.6 Å². The fourth-order valence-corrected chi connectivity index (χ4v) is 4.82. The number of halogens is 3. The van der Waals surface area contributed by atoms with E-state index in [-0.39, 0.29) is 12.4 Å². The maximum atomic E-state index is 14.5. The Bertz CT molecular complexity index is 1290. The number of benzene rings is 2. The van der Waals surface area contributed by atoms with Gasteiger partial charge in [-0.25, -0.2) is 19.0 Å². The van der Waals surface area contributed by atoms with Crippen LogP contribution in [0.2, 0.25) is 0 Å². The fraction of sp³-hybridized carbons (Fsp3) is 0.250. The molecule has 2 heterocycles. The second-order valence-corrected chi connectivity index (χ2v) is 8.81. The van der Waals surface area contributed by atoms with Gasteiger partial charge in [0.1, 0.15) is 24.1 Å². The Hall–Kier alpha value is -1.95. The molecule has 0 spiro atoms. The predicted octanol–water partition coefficient (Wildman–Crippen LogP) is 6.49. The molecule has 0 saturated carbocycles. The van der Waals surface area contributed by atoms with Gasteiger partial charge in [0.15, 0.2) is 0 Å². The van der Waals surface area contributed by atoms with E-state index in [1.165, 1.54) is 30.1 Å². The molecule has 0 aliphatic carbocycles. The lowest BCUT2D eigenvalue weighted by molar-refractivity contribution is -0.00884. The van der Waals surface area contributed by atoms with E-state index >= 15 is 0 Å². The number of hydrogen-bond acceptors (Lipinski definition) is 6. The molecule has 34 heavy (non-hydrogen) atoms. The van der Waals surface area contributed by atoms with Crippen molar-refractivity contribution in [2.75, 3.05) is 0 Å². The van der Waals surface area contributed by atoms with Crippen LogP contribution < -0.4 is 0 Å². The Balaban J connectivity index is 0.00000158. The van der Waals surface area contributed by atoms with Gasteiger partial charge in [0.2, 0.25) is 0 Å². The van der Waals surface area contributed by atoms with E-state index in [9.17, 15) is 9.50 Å². The number of hydrogen-bond donors (Lipinski definition) is 1. The molecule has 0 amide bonds. The largest absolute Gasteiger partial charge is 0.382 e. The van der Waals surface area contributed by atoms with E-state index in [2.05, 4.69) is 53.4 Å². The van der Waals surface area contributed by atoms with Crippen molar-refractivity contribution >= 4 is 48.6 Å². The summed E-state index contributed by atoms with van der Waals surface area (Å²) in [6.45, 7) is 5.56. The maximum Gasteiger partial charge on any atom is 0.137 e. The van der Waals surface area contributed by atoms with Crippen molar-refractivity contribution in [2.24, 2.45) is 0 Å². The second-order valence-electron chi connectivity index (χ2n) is 7.92. The Kier molecular flexibility index (Phi) is 9.14. The molecule has 0 aliphatic rings. The summed E-state index contributed by atoms with van der Waals surface area (Å²) in [6.07, 6.45) is 2.93. The van der Waals surface area contributed by atoms with Crippen molar-refractivity contribution in [3.05, 3.63) is 87.5 Å². The highest BCUT2D eigenvalue weighted by atomic mass is 128. The molecule has 0 bridgehead atoms. The third-order valence-corrected chi connectivity index (χ3v) is 6.79. The average molecular weight is 701 g/mol. The van der Waals surface area contributed by atoms with Crippen LogP contribution in [-0.4, -0.2) is 24.9 Å². The Morgan fingerprint density at radius 1 is 1.21 bits per heavy atom. The lowest BCUT2D eigenvalue weighted by Gasteiger charge is -2.35. The molecule has 0 aliphatic heterocycles. The minimum absolute atomic E-state index is 0.100. The zero-order valence-corrected chi connectivity index (χ0v) is 23.8. The van der Waals surface area contributed by atoms with Crippen molar-refractivity contribution in [2.45, 2.75) is 38.8 Å². The first kappa shape index (κ1) is 26.7. The SMILES string of the molecule is Cc1cc(C)c(C(O)(Cn2cncn2)C(C)c2nc(-c3ccc(C#N)cc3)cs2)cc1F.II. The van der Waals surface area contributed by atoms with Crippen LogP contribution in [0.15, 0.2) is 54.4 Å². The smallest absolute Gasteiger partial charge is 0.137 e. The lowest BCUT2D eigenvalue weighted by atomic mass is 9.79. The highest BCUT2D eigenvalue weighted by molar-refractivity contribution is 15.0. The summed E-state index contributed by atoms with van der Waals surface area (Å²) in [4.78, 5) is 8.74. The molecule has 4 rings (SSSR count). The third-order valence-electron chi connectivity index (χ3n) is 5.76. The number of aromatic nitrogens is 4.